The number of hydrogen-bond donors (Lipinski definition) is 2. The molecule has 0 spiro atoms. The van der Waals surface area contributed by atoms with Crippen molar-refractivity contribution in [1.82, 2.24) is 14.9 Å². The van der Waals surface area contributed by atoms with Crippen LogP contribution in [0.4, 0.5) is 0 Å². The molecule has 4 heteroatoms. The highest BCUT2D eigenvalue weighted by Gasteiger charge is 2.38. The van der Waals surface area contributed by atoms with E-state index in [-0.39, 0.29) is 12.1 Å². The van der Waals surface area contributed by atoms with Crippen LogP contribution in [0.3, 0.4) is 0 Å². The Bertz CT molecular complexity index is 299. The summed E-state index contributed by atoms with van der Waals surface area (Å²) in [6, 6.07) is 0.485. The van der Waals surface area contributed by atoms with Gasteiger partial charge in [-0.3, -0.25) is 0 Å². The monoisotopic (exact) mass is 209 g/mol. The minimum Gasteiger partial charge on any atom is -0.394 e. The van der Waals surface area contributed by atoms with Gasteiger partial charge in [0.15, 0.2) is 0 Å². The van der Waals surface area contributed by atoms with Crippen LogP contribution in [0.15, 0.2) is 18.7 Å². The molecule has 1 aromatic heterocycles. The zero-order chi connectivity index (χ0) is 10.7. The zero-order valence-corrected chi connectivity index (χ0v) is 9.19. The minimum absolute atomic E-state index is 0.0658. The van der Waals surface area contributed by atoms with Crippen LogP contribution in [0, 0.1) is 0 Å². The lowest BCUT2D eigenvalue weighted by Crippen LogP contribution is -2.46. The molecule has 0 aliphatic heterocycles. The summed E-state index contributed by atoms with van der Waals surface area (Å²) in [6.45, 7) is 3.23. The van der Waals surface area contributed by atoms with Gasteiger partial charge in [-0.15, -0.1) is 0 Å². The Morgan fingerprint density at radius 2 is 2.53 bits per heavy atom. The second-order valence-electron chi connectivity index (χ2n) is 4.38. The molecule has 4 nitrogen and oxygen atoms in total. The van der Waals surface area contributed by atoms with E-state index in [1.54, 1.807) is 0 Å². The average Bonchev–Trinajstić information content (AvgIpc) is 2.86. The third-order valence-electron chi connectivity index (χ3n) is 3.38. The Morgan fingerprint density at radius 1 is 1.67 bits per heavy atom. The second kappa shape index (κ2) is 4.33. The van der Waals surface area contributed by atoms with Crippen molar-refractivity contribution in [2.75, 3.05) is 13.2 Å². The zero-order valence-electron chi connectivity index (χ0n) is 9.19. The van der Waals surface area contributed by atoms with Gasteiger partial charge in [-0.05, 0) is 25.8 Å². The fourth-order valence-corrected chi connectivity index (χ4v) is 2.57. The summed E-state index contributed by atoms with van der Waals surface area (Å²) in [5.74, 6) is 0. The Labute approximate surface area is 90.3 Å². The topological polar surface area (TPSA) is 50.1 Å². The summed E-state index contributed by atoms with van der Waals surface area (Å²) >= 11 is 0. The third-order valence-corrected chi connectivity index (χ3v) is 3.38. The summed E-state index contributed by atoms with van der Waals surface area (Å²) in [5, 5.41) is 12.9. The van der Waals surface area contributed by atoms with Gasteiger partial charge in [-0.25, -0.2) is 4.98 Å². The maximum absolute atomic E-state index is 9.48. The minimum atomic E-state index is -0.0658. The number of aliphatic hydroxyl groups is 1. The number of nitrogens with one attached hydrogen (secondary N) is 1. The molecule has 1 aliphatic carbocycles. The van der Waals surface area contributed by atoms with Crippen molar-refractivity contribution in [3.05, 3.63) is 18.7 Å². The number of hydrogen-bond acceptors (Lipinski definition) is 3. The van der Waals surface area contributed by atoms with Crippen molar-refractivity contribution in [1.29, 1.82) is 0 Å². The molecule has 2 atom stereocenters. The quantitative estimate of drug-likeness (QED) is 0.776. The Kier molecular flexibility index (Phi) is 3.07. The Hall–Kier alpha value is -0.870. The fourth-order valence-electron chi connectivity index (χ4n) is 2.57. The molecule has 1 heterocycles. The highest BCUT2D eigenvalue weighted by Crippen LogP contribution is 2.37. The molecule has 1 aliphatic rings. The van der Waals surface area contributed by atoms with Crippen molar-refractivity contribution in [3.8, 4) is 0 Å². The highest BCUT2D eigenvalue weighted by atomic mass is 16.3. The first-order valence-electron chi connectivity index (χ1n) is 5.63. The molecule has 0 aromatic carbocycles. The highest BCUT2D eigenvalue weighted by molar-refractivity contribution is 4.99. The lowest BCUT2D eigenvalue weighted by molar-refractivity contribution is 0.162. The van der Waals surface area contributed by atoms with Crippen LogP contribution in [-0.4, -0.2) is 33.3 Å². The van der Waals surface area contributed by atoms with Gasteiger partial charge in [-0.1, -0.05) is 6.92 Å². The summed E-state index contributed by atoms with van der Waals surface area (Å²) < 4.78 is 2.15. The molecule has 15 heavy (non-hydrogen) atoms. The van der Waals surface area contributed by atoms with Crippen molar-refractivity contribution < 1.29 is 5.11 Å². The van der Waals surface area contributed by atoms with Gasteiger partial charge in [0.25, 0.3) is 0 Å². The third kappa shape index (κ3) is 2.06. The van der Waals surface area contributed by atoms with E-state index < -0.39 is 0 Å². The molecule has 1 saturated carbocycles. The van der Waals surface area contributed by atoms with Gasteiger partial charge in [0.2, 0.25) is 0 Å². The van der Waals surface area contributed by atoms with E-state index in [0.29, 0.717) is 6.04 Å². The van der Waals surface area contributed by atoms with Crippen LogP contribution in [-0.2, 0) is 0 Å². The number of aromatic nitrogens is 2. The second-order valence-corrected chi connectivity index (χ2v) is 4.38. The fraction of sp³-hybridized carbons (Fsp3) is 0.727. The van der Waals surface area contributed by atoms with Crippen LogP contribution in [0.2, 0.25) is 0 Å². The molecular formula is C11H19N3O. The van der Waals surface area contributed by atoms with Gasteiger partial charge in [0.05, 0.1) is 12.9 Å². The molecule has 0 bridgehead atoms. The first kappa shape index (κ1) is 10.6. The summed E-state index contributed by atoms with van der Waals surface area (Å²) in [7, 11) is 0. The van der Waals surface area contributed by atoms with Crippen molar-refractivity contribution in [2.24, 2.45) is 0 Å². The number of nitrogens with zero attached hydrogens (tertiary/aromatic N) is 2. The van der Waals surface area contributed by atoms with E-state index in [1.807, 2.05) is 18.7 Å². The first-order chi connectivity index (χ1) is 7.29. The Morgan fingerprint density at radius 3 is 3.13 bits per heavy atom. The lowest BCUT2D eigenvalue weighted by atomic mass is 9.98. The van der Waals surface area contributed by atoms with Crippen LogP contribution in [0.25, 0.3) is 0 Å². The normalized spacial score (nSPS) is 30.9. The predicted molar refractivity (Wildman–Crippen MR) is 58.6 cm³/mol. The van der Waals surface area contributed by atoms with E-state index in [1.165, 1.54) is 0 Å². The van der Waals surface area contributed by atoms with Crippen molar-refractivity contribution in [2.45, 2.75) is 37.8 Å². The maximum atomic E-state index is 9.48. The SMILES string of the molecule is CCNC1(CO)CCC(n2ccnc2)C1. The Balaban J connectivity index is 2.04. The molecule has 2 rings (SSSR count). The average molecular weight is 209 g/mol. The molecular weight excluding hydrogens is 190 g/mol. The molecule has 0 amide bonds. The smallest absolute Gasteiger partial charge is 0.0948 e. The van der Waals surface area contributed by atoms with Gasteiger partial charge < -0.3 is 15.0 Å². The van der Waals surface area contributed by atoms with Crippen LogP contribution < -0.4 is 5.32 Å². The summed E-state index contributed by atoms with van der Waals surface area (Å²) in [4.78, 5) is 4.07. The van der Waals surface area contributed by atoms with E-state index >= 15 is 0 Å². The first-order valence-corrected chi connectivity index (χ1v) is 5.63. The van der Waals surface area contributed by atoms with E-state index in [4.69, 9.17) is 0 Å². The van der Waals surface area contributed by atoms with E-state index in [2.05, 4.69) is 21.8 Å². The molecule has 1 aromatic rings. The largest absolute Gasteiger partial charge is 0.394 e. The number of aliphatic hydroxyl groups excluding tert-OH is 1. The van der Waals surface area contributed by atoms with E-state index in [9.17, 15) is 5.11 Å². The lowest BCUT2D eigenvalue weighted by Gasteiger charge is -2.28. The van der Waals surface area contributed by atoms with Crippen LogP contribution in [0.1, 0.15) is 32.2 Å². The van der Waals surface area contributed by atoms with Crippen LogP contribution >= 0.6 is 0 Å². The number of rotatable bonds is 4. The molecule has 0 saturated heterocycles. The standard InChI is InChI=1S/C11H19N3O/c1-2-13-11(8-15)4-3-10(7-11)14-6-5-12-9-14/h5-6,9-10,13,15H,2-4,7-8H2,1H3. The summed E-state index contributed by atoms with van der Waals surface area (Å²) in [6.07, 6.45) is 8.83. The molecule has 0 radical (unpaired) electrons. The number of imidazole rings is 1. The maximum Gasteiger partial charge on any atom is 0.0948 e. The molecule has 2 unspecified atom stereocenters. The predicted octanol–water partition coefficient (Wildman–Crippen LogP) is 0.949. The van der Waals surface area contributed by atoms with Gasteiger partial charge in [0.1, 0.15) is 0 Å². The summed E-state index contributed by atoms with van der Waals surface area (Å²) in [5.41, 5.74) is -0.0658. The molecule has 2 N–H and O–H groups in total. The van der Waals surface area contributed by atoms with Crippen molar-refractivity contribution in [3.63, 3.8) is 0 Å². The van der Waals surface area contributed by atoms with Gasteiger partial charge in [0, 0.05) is 24.0 Å². The van der Waals surface area contributed by atoms with Gasteiger partial charge >= 0.3 is 0 Å². The van der Waals surface area contributed by atoms with Crippen molar-refractivity contribution >= 4 is 0 Å². The van der Waals surface area contributed by atoms with Gasteiger partial charge in [-0.2, -0.15) is 0 Å². The number of likely N-dealkylation sites (N-methyl/N-ethyl adjacent to an activating group) is 1. The van der Waals surface area contributed by atoms with Crippen LogP contribution in [0.5, 0.6) is 0 Å². The van der Waals surface area contributed by atoms with E-state index in [0.717, 1.165) is 25.8 Å². The molecule has 1 fully saturated rings. The molecule has 84 valence electrons.